The number of non-ortho nitro benzene ring substituents is 1. The van der Waals surface area contributed by atoms with Crippen LogP contribution in [0.1, 0.15) is 32.1 Å². The second-order valence-electron chi connectivity index (χ2n) is 9.11. The third kappa shape index (κ3) is 4.16. The Labute approximate surface area is 200 Å². The molecule has 2 saturated heterocycles. The van der Waals surface area contributed by atoms with Gasteiger partial charge in [0, 0.05) is 36.9 Å². The van der Waals surface area contributed by atoms with E-state index in [2.05, 4.69) is 0 Å². The van der Waals surface area contributed by atoms with Gasteiger partial charge in [-0.2, -0.15) is 0 Å². The Bertz CT molecular complexity index is 1200. The van der Waals surface area contributed by atoms with Gasteiger partial charge in [0.15, 0.2) is 0 Å². The number of hydrogen-bond acceptors (Lipinski definition) is 7. The van der Waals surface area contributed by atoms with Crippen molar-refractivity contribution in [2.75, 3.05) is 16.3 Å². The molecule has 2 aromatic rings. The fourth-order valence-corrected chi connectivity index (χ4v) is 5.17. The molecule has 2 aliphatic heterocycles. The molecular weight excluding hydrogens is 454 g/mol. The van der Waals surface area contributed by atoms with Gasteiger partial charge in [-0.25, -0.2) is 4.90 Å². The summed E-state index contributed by atoms with van der Waals surface area (Å²) in [6.45, 7) is 0.0849. The Morgan fingerprint density at radius 1 is 0.943 bits per heavy atom. The lowest BCUT2D eigenvalue weighted by Crippen LogP contribution is -2.31. The summed E-state index contributed by atoms with van der Waals surface area (Å²) in [6.07, 6.45) is 3.23. The first kappa shape index (κ1) is 22.7. The van der Waals surface area contributed by atoms with E-state index in [1.807, 2.05) is 0 Å². The molecule has 10 nitrogen and oxygen atoms in total. The average molecular weight is 477 g/mol. The van der Waals surface area contributed by atoms with Crippen LogP contribution < -0.4 is 14.5 Å². The molecule has 3 fully saturated rings. The van der Waals surface area contributed by atoms with Crippen molar-refractivity contribution in [3.05, 3.63) is 58.6 Å². The number of amides is 3. The maximum atomic E-state index is 12.9. The Balaban J connectivity index is 1.27. The number of nitrogens with zero attached hydrogens (tertiary/aromatic N) is 3. The summed E-state index contributed by atoms with van der Waals surface area (Å²) in [4.78, 5) is 64.0. The van der Waals surface area contributed by atoms with Crippen LogP contribution in [-0.2, 0) is 19.2 Å². The number of fused-ring (bicyclic) bond motifs is 1. The maximum absolute atomic E-state index is 12.9. The lowest BCUT2D eigenvalue weighted by Gasteiger charge is -2.19. The van der Waals surface area contributed by atoms with Crippen molar-refractivity contribution in [1.29, 1.82) is 0 Å². The minimum absolute atomic E-state index is 0.0536. The molecule has 0 unspecified atom stereocenters. The van der Waals surface area contributed by atoms with Gasteiger partial charge >= 0.3 is 5.97 Å². The van der Waals surface area contributed by atoms with Crippen molar-refractivity contribution in [2.45, 2.75) is 32.1 Å². The third-order valence-corrected chi connectivity index (χ3v) is 6.97. The van der Waals surface area contributed by atoms with Crippen molar-refractivity contribution >= 4 is 40.8 Å². The van der Waals surface area contributed by atoms with Gasteiger partial charge in [-0.1, -0.05) is 18.9 Å². The first-order valence-corrected chi connectivity index (χ1v) is 11.6. The van der Waals surface area contributed by atoms with Crippen LogP contribution in [-0.4, -0.2) is 35.2 Å². The molecule has 0 aromatic heterocycles. The van der Waals surface area contributed by atoms with Crippen molar-refractivity contribution < 1.29 is 28.8 Å². The molecule has 1 saturated carbocycles. The van der Waals surface area contributed by atoms with Crippen LogP contribution in [0, 0.1) is 27.9 Å². The number of carbonyl (C=O) groups is 4. The van der Waals surface area contributed by atoms with Gasteiger partial charge in [-0.3, -0.25) is 29.3 Å². The van der Waals surface area contributed by atoms with E-state index < -0.39 is 16.8 Å². The van der Waals surface area contributed by atoms with E-state index in [0.717, 1.165) is 12.8 Å². The van der Waals surface area contributed by atoms with Crippen LogP contribution in [0.3, 0.4) is 0 Å². The van der Waals surface area contributed by atoms with Crippen molar-refractivity contribution in [1.82, 2.24) is 0 Å². The fraction of sp³-hybridized carbons (Fsp3) is 0.360. The van der Waals surface area contributed by atoms with Crippen LogP contribution in [0.2, 0.25) is 0 Å². The van der Waals surface area contributed by atoms with Gasteiger partial charge in [0.05, 0.1) is 28.4 Å². The lowest BCUT2D eigenvalue weighted by atomic mass is 9.81. The molecule has 2 heterocycles. The number of benzene rings is 2. The summed E-state index contributed by atoms with van der Waals surface area (Å²) in [5.74, 6) is -2.40. The quantitative estimate of drug-likeness (QED) is 0.213. The molecule has 35 heavy (non-hydrogen) atoms. The number of nitro groups is 1. The number of anilines is 2. The third-order valence-electron chi connectivity index (χ3n) is 6.97. The minimum atomic E-state index is -0.723. The Hall–Kier alpha value is -4.08. The molecule has 0 radical (unpaired) electrons. The number of carbonyl (C=O) groups excluding carboxylic acids is 4. The number of nitro benzene ring substituents is 1. The molecule has 180 valence electrons. The number of hydrogen-bond donors (Lipinski definition) is 0. The second kappa shape index (κ2) is 8.94. The lowest BCUT2D eigenvalue weighted by molar-refractivity contribution is -0.384. The molecule has 3 aliphatic rings. The van der Waals surface area contributed by atoms with Gasteiger partial charge in [0.2, 0.25) is 17.7 Å². The minimum Gasteiger partial charge on any atom is -0.426 e. The summed E-state index contributed by atoms with van der Waals surface area (Å²) in [5, 5.41) is 10.8. The normalized spacial score (nSPS) is 24.0. The van der Waals surface area contributed by atoms with Crippen molar-refractivity contribution in [3.63, 3.8) is 0 Å². The predicted octanol–water partition coefficient (Wildman–Crippen LogP) is 3.23. The van der Waals surface area contributed by atoms with E-state index in [1.165, 1.54) is 40.1 Å². The first-order chi connectivity index (χ1) is 16.8. The predicted molar refractivity (Wildman–Crippen MR) is 124 cm³/mol. The second-order valence-corrected chi connectivity index (χ2v) is 9.11. The zero-order chi connectivity index (χ0) is 24.7. The van der Waals surface area contributed by atoms with Crippen LogP contribution in [0.15, 0.2) is 48.5 Å². The molecule has 2 aromatic carbocycles. The molecule has 0 bridgehead atoms. The van der Waals surface area contributed by atoms with Gasteiger partial charge in [0.1, 0.15) is 5.75 Å². The van der Waals surface area contributed by atoms with Gasteiger partial charge in [0.25, 0.3) is 5.69 Å². The Morgan fingerprint density at radius 2 is 1.60 bits per heavy atom. The van der Waals surface area contributed by atoms with E-state index in [-0.39, 0.29) is 54.0 Å². The van der Waals surface area contributed by atoms with Crippen molar-refractivity contribution in [3.8, 4) is 5.75 Å². The SMILES string of the molecule is O=C(Oc1cccc(N2C(=O)[C@H]3CCCC[C@H]3C2=O)c1)[C@H]1CC(=O)N(c2ccc([N+](=O)[O-])cc2)C1. The highest BCUT2D eigenvalue weighted by atomic mass is 16.6. The van der Waals surface area contributed by atoms with Crippen LogP contribution in [0.25, 0.3) is 0 Å². The highest BCUT2D eigenvalue weighted by Gasteiger charge is 2.48. The molecule has 10 heteroatoms. The Morgan fingerprint density at radius 3 is 2.23 bits per heavy atom. The number of esters is 1. The summed E-state index contributed by atoms with van der Waals surface area (Å²) < 4.78 is 5.51. The van der Waals surface area contributed by atoms with E-state index >= 15 is 0 Å². The van der Waals surface area contributed by atoms with E-state index in [1.54, 1.807) is 18.2 Å². The van der Waals surface area contributed by atoms with Crippen LogP contribution in [0.4, 0.5) is 17.1 Å². The number of ether oxygens (including phenoxy) is 1. The average Bonchev–Trinajstić information content (AvgIpc) is 3.37. The van der Waals surface area contributed by atoms with E-state index in [4.69, 9.17) is 4.74 Å². The first-order valence-electron chi connectivity index (χ1n) is 11.6. The standard InChI is InChI=1S/C25H23N3O7/c29-22-12-15(14-26(22)16-8-10-17(11-9-16)28(33)34)25(32)35-19-5-3-4-18(13-19)27-23(30)20-6-1-2-7-21(20)24(27)31/h3-5,8-11,13,15,20-21H,1-2,6-7,12,14H2/t15-,20-,21+/m0/s1. The molecule has 5 rings (SSSR count). The zero-order valence-electron chi connectivity index (χ0n) is 18.8. The summed E-state index contributed by atoms with van der Waals surface area (Å²) in [5.41, 5.74) is 0.741. The molecule has 1 aliphatic carbocycles. The van der Waals surface area contributed by atoms with E-state index in [0.29, 0.717) is 24.2 Å². The maximum Gasteiger partial charge on any atom is 0.316 e. The topological polar surface area (TPSA) is 127 Å². The number of imide groups is 1. The van der Waals surface area contributed by atoms with E-state index in [9.17, 15) is 29.3 Å². The molecule has 0 N–H and O–H groups in total. The molecule has 3 amide bonds. The van der Waals surface area contributed by atoms with Crippen LogP contribution in [0.5, 0.6) is 5.75 Å². The summed E-state index contributed by atoms with van der Waals surface area (Å²) >= 11 is 0. The van der Waals surface area contributed by atoms with Gasteiger partial charge in [-0.15, -0.1) is 0 Å². The highest BCUT2D eigenvalue weighted by Crippen LogP contribution is 2.40. The molecule has 0 spiro atoms. The summed E-state index contributed by atoms with van der Waals surface area (Å²) in [7, 11) is 0. The van der Waals surface area contributed by atoms with Crippen molar-refractivity contribution in [2.24, 2.45) is 17.8 Å². The van der Waals surface area contributed by atoms with Crippen LogP contribution >= 0.6 is 0 Å². The molecular formula is C25H23N3O7. The smallest absolute Gasteiger partial charge is 0.316 e. The largest absolute Gasteiger partial charge is 0.426 e. The number of rotatable bonds is 5. The Kier molecular flexibility index (Phi) is 5.80. The highest BCUT2D eigenvalue weighted by molar-refractivity contribution is 6.22. The van der Waals surface area contributed by atoms with Gasteiger partial charge < -0.3 is 9.64 Å². The zero-order valence-corrected chi connectivity index (χ0v) is 18.8. The monoisotopic (exact) mass is 477 g/mol. The summed E-state index contributed by atoms with van der Waals surface area (Å²) in [6, 6.07) is 11.8. The molecule has 3 atom stereocenters. The fourth-order valence-electron chi connectivity index (χ4n) is 5.17. The van der Waals surface area contributed by atoms with Gasteiger partial charge in [-0.05, 0) is 37.1 Å².